The predicted octanol–water partition coefficient (Wildman–Crippen LogP) is 4.25. The van der Waals surface area contributed by atoms with Crippen molar-refractivity contribution in [2.75, 3.05) is 19.6 Å². The number of hydrogen-bond acceptors (Lipinski definition) is 3. The zero-order valence-corrected chi connectivity index (χ0v) is 18.8. The Morgan fingerprint density at radius 1 is 1.23 bits per heavy atom. The first-order chi connectivity index (χ1) is 12.1. The number of aryl methyl sites for hydroxylation is 3. The fourth-order valence-electron chi connectivity index (χ4n) is 2.54. The van der Waals surface area contributed by atoms with Crippen LogP contribution >= 0.6 is 35.3 Å². The van der Waals surface area contributed by atoms with Crippen LogP contribution in [0.25, 0.3) is 0 Å². The van der Waals surface area contributed by atoms with Crippen LogP contribution in [0.1, 0.15) is 35.2 Å². The number of aromatic nitrogens is 1. The molecule has 0 radical (unpaired) electrons. The van der Waals surface area contributed by atoms with Gasteiger partial charge in [0.25, 0.3) is 0 Å². The van der Waals surface area contributed by atoms with Gasteiger partial charge in [-0.15, -0.1) is 35.3 Å². The number of guanidine groups is 1. The summed E-state index contributed by atoms with van der Waals surface area (Å²) in [5.41, 5.74) is 3.24. The predicted molar refractivity (Wildman–Crippen MR) is 119 cm³/mol. The van der Waals surface area contributed by atoms with E-state index in [9.17, 15) is 4.39 Å². The molecule has 1 aromatic heterocycles. The Kier molecular flexibility index (Phi) is 10.7. The third kappa shape index (κ3) is 7.99. The molecule has 2 N–H and O–H groups in total. The number of hydrogen-bond donors (Lipinski definition) is 2. The first kappa shape index (κ1) is 22.8. The lowest BCUT2D eigenvalue weighted by Crippen LogP contribution is -2.38. The highest BCUT2D eigenvalue weighted by molar-refractivity contribution is 14.0. The SMILES string of the molecule is CCNC(=NCCCc1nc(C)cs1)NCCc1ccc(F)cc1C.I. The quantitative estimate of drug-likeness (QED) is 0.252. The number of nitrogens with zero attached hydrogens (tertiary/aromatic N) is 2. The van der Waals surface area contributed by atoms with Gasteiger partial charge in [-0.25, -0.2) is 9.37 Å². The zero-order chi connectivity index (χ0) is 18.1. The van der Waals surface area contributed by atoms with Crippen LogP contribution in [-0.2, 0) is 12.8 Å². The molecule has 26 heavy (non-hydrogen) atoms. The minimum Gasteiger partial charge on any atom is -0.357 e. The van der Waals surface area contributed by atoms with E-state index >= 15 is 0 Å². The molecule has 0 aliphatic rings. The lowest BCUT2D eigenvalue weighted by Gasteiger charge is -2.12. The second-order valence-corrected chi connectivity index (χ2v) is 6.94. The minimum absolute atomic E-state index is 0. The van der Waals surface area contributed by atoms with Crippen molar-refractivity contribution in [3.05, 3.63) is 51.2 Å². The molecule has 0 saturated heterocycles. The maximum atomic E-state index is 13.1. The van der Waals surface area contributed by atoms with Gasteiger partial charge in [0.2, 0.25) is 0 Å². The van der Waals surface area contributed by atoms with E-state index in [1.807, 2.05) is 19.9 Å². The van der Waals surface area contributed by atoms with Crippen LogP contribution in [0.2, 0.25) is 0 Å². The van der Waals surface area contributed by atoms with Gasteiger partial charge in [0.15, 0.2) is 5.96 Å². The summed E-state index contributed by atoms with van der Waals surface area (Å²) in [7, 11) is 0. The standard InChI is InChI=1S/C19H27FN4S.HI/c1-4-21-19(22-10-5-6-18-24-15(3)13-25-18)23-11-9-16-7-8-17(20)12-14(16)2;/h7-8,12-13H,4-6,9-11H2,1-3H3,(H2,21,22,23);1H. The fraction of sp³-hybridized carbons (Fsp3) is 0.474. The van der Waals surface area contributed by atoms with E-state index in [0.717, 1.165) is 61.7 Å². The van der Waals surface area contributed by atoms with Gasteiger partial charge in [0, 0.05) is 37.1 Å². The number of halogens is 2. The van der Waals surface area contributed by atoms with E-state index in [-0.39, 0.29) is 29.8 Å². The van der Waals surface area contributed by atoms with E-state index < -0.39 is 0 Å². The van der Waals surface area contributed by atoms with Gasteiger partial charge in [-0.3, -0.25) is 4.99 Å². The molecule has 0 atom stereocenters. The molecule has 0 aliphatic carbocycles. The summed E-state index contributed by atoms with van der Waals surface area (Å²) in [6.45, 7) is 8.38. The van der Waals surface area contributed by atoms with Crippen molar-refractivity contribution >= 4 is 41.3 Å². The van der Waals surface area contributed by atoms with Gasteiger partial charge in [-0.1, -0.05) is 6.07 Å². The molecule has 7 heteroatoms. The van der Waals surface area contributed by atoms with Gasteiger partial charge in [0.1, 0.15) is 5.82 Å². The van der Waals surface area contributed by atoms with Crippen LogP contribution in [0.4, 0.5) is 4.39 Å². The van der Waals surface area contributed by atoms with Crippen molar-refractivity contribution in [2.24, 2.45) is 4.99 Å². The van der Waals surface area contributed by atoms with E-state index in [1.54, 1.807) is 17.4 Å². The number of thiazole rings is 1. The normalized spacial score (nSPS) is 11.2. The average Bonchev–Trinajstić information content (AvgIpc) is 2.99. The zero-order valence-electron chi connectivity index (χ0n) is 15.6. The van der Waals surface area contributed by atoms with E-state index in [0.29, 0.717) is 0 Å². The van der Waals surface area contributed by atoms with E-state index in [1.165, 1.54) is 11.1 Å². The van der Waals surface area contributed by atoms with Gasteiger partial charge in [-0.05, 0) is 56.9 Å². The maximum Gasteiger partial charge on any atom is 0.191 e. The van der Waals surface area contributed by atoms with Crippen LogP contribution < -0.4 is 10.6 Å². The number of aliphatic imine (C=N–C) groups is 1. The van der Waals surface area contributed by atoms with Crippen molar-refractivity contribution in [1.82, 2.24) is 15.6 Å². The second-order valence-electron chi connectivity index (χ2n) is 5.99. The number of nitrogens with one attached hydrogen (secondary N) is 2. The average molecular weight is 490 g/mol. The largest absolute Gasteiger partial charge is 0.357 e. The highest BCUT2D eigenvalue weighted by Crippen LogP contribution is 2.11. The summed E-state index contributed by atoms with van der Waals surface area (Å²) < 4.78 is 13.1. The molecule has 2 aromatic rings. The summed E-state index contributed by atoms with van der Waals surface area (Å²) in [6, 6.07) is 4.95. The van der Waals surface area contributed by atoms with Crippen LogP contribution in [0.5, 0.6) is 0 Å². The summed E-state index contributed by atoms with van der Waals surface area (Å²) >= 11 is 1.71. The molecule has 1 heterocycles. The molecule has 0 unspecified atom stereocenters. The lowest BCUT2D eigenvalue weighted by atomic mass is 10.1. The first-order valence-electron chi connectivity index (χ1n) is 8.76. The molecule has 0 bridgehead atoms. The maximum absolute atomic E-state index is 13.1. The molecule has 2 rings (SSSR count). The summed E-state index contributed by atoms with van der Waals surface area (Å²) in [4.78, 5) is 9.09. The van der Waals surface area contributed by atoms with Crippen LogP contribution in [0.3, 0.4) is 0 Å². The monoisotopic (exact) mass is 490 g/mol. The first-order valence-corrected chi connectivity index (χ1v) is 9.64. The molecule has 0 aliphatic heterocycles. The van der Waals surface area contributed by atoms with Gasteiger partial charge >= 0.3 is 0 Å². The summed E-state index contributed by atoms with van der Waals surface area (Å²) in [5.74, 6) is 0.650. The smallest absolute Gasteiger partial charge is 0.191 e. The Balaban J connectivity index is 0.00000338. The molecular formula is C19H28FIN4S. The van der Waals surface area contributed by atoms with Gasteiger partial charge in [0.05, 0.1) is 5.01 Å². The Hall–Kier alpha value is -1.22. The Bertz CT molecular complexity index is 703. The molecule has 0 spiro atoms. The van der Waals surface area contributed by atoms with Crippen molar-refractivity contribution in [3.8, 4) is 0 Å². The number of rotatable bonds is 8. The molecule has 4 nitrogen and oxygen atoms in total. The molecular weight excluding hydrogens is 462 g/mol. The van der Waals surface area contributed by atoms with Crippen LogP contribution in [0, 0.1) is 19.7 Å². The Morgan fingerprint density at radius 3 is 2.69 bits per heavy atom. The number of benzene rings is 1. The van der Waals surface area contributed by atoms with Crippen molar-refractivity contribution < 1.29 is 4.39 Å². The Morgan fingerprint density at radius 2 is 2.04 bits per heavy atom. The topological polar surface area (TPSA) is 49.3 Å². The third-order valence-corrected chi connectivity index (χ3v) is 4.85. The second kappa shape index (κ2) is 12.2. The van der Waals surface area contributed by atoms with Gasteiger partial charge in [-0.2, -0.15) is 0 Å². The van der Waals surface area contributed by atoms with Gasteiger partial charge < -0.3 is 10.6 Å². The fourth-order valence-corrected chi connectivity index (χ4v) is 3.35. The van der Waals surface area contributed by atoms with Crippen LogP contribution in [-0.4, -0.2) is 30.6 Å². The molecule has 144 valence electrons. The highest BCUT2D eigenvalue weighted by atomic mass is 127. The van der Waals surface area contributed by atoms with Crippen LogP contribution in [0.15, 0.2) is 28.6 Å². The van der Waals surface area contributed by atoms with Crippen molar-refractivity contribution in [1.29, 1.82) is 0 Å². The molecule has 0 amide bonds. The molecule has 0 saturated carbocycles. The summed E-state index contributed by atoms with van der Waals surface area (Å²) in [5, 5.41) is 9.87. The summed E-state index contributed by atoms with van der Waals surface area (Å²) in [6.07, 6.45) is 2.80. The molecule has 0 fully saturated rings. The third-order valence-electron chi connectivity index (χ3n) is 3.82. The molecule has 1 aromatic carbocycles. The van der Waals surface area contributed by atoms with E-state index in [2.05, 4.69) is 32.9 Å². The highest BCUT2D eigenvalue weighted by Gasteiger charge is 2.02. The lowest BCUT2D eigenvalue weighted by molar-refractivity contribution is 0.625. The Labute approximate surface area is 176 Å². The minimum atomic E-state index is -0.181. The van der Waals surface area contributed by atoms with Crippen molar-refractivity contribution in [2.45, 2.75) is 40.0 Å². The van der Waals surface area contributed by atoms with E-state index in [4.69, 9.17) is 0 Å². The van der Waals surface area contributed by atoms with Crippen molar-refractivity contribution in [3.63, 3.8) is 0 Å².